The van der Waals surface area contributed by atoms with Crippen molar-refractivity contribution in [2.45, 2.75) is 33.6 Å². The van der Waals surface area contributed by atoms with Crippen LogP contribution in [0.2, 0.25) is 0 Å². The molecule has 0 aromatic heterocycles. The molecule has 0 aliphatic rings. The van der Waals surface area contributed by atoms with Crippen molar-refractivity contribution < 1.29 is 19.5 Å². The molecular formula is C12H24N2O4. The Hall–Kier alpha value is -1.30. The molecule has 0 heterocycles. The molecule has 106 valence electrons. The molecule has 0 aliphatic carbocycles. The fourth-order valence-electron chi connectivity index (χ4n) is 1.50. The molecule has 0 aromatic rings. The minimum absolute atomic E-state index is 0.0915. The van der Waals surface area contributed by atoms with E-state index in [2.05, 4.69) is 0 Å². The lowest BCUT2D eigenvalue weighted by atomic mass is 9.96. The molecule has 18 heavy (non-hydrogen) atoms. The molecule has 0 unspecified atom stereocenters. The van der Waals surface area contributed by atoms with Crippen LogP contribution in [0.3, 0.4) is 0 Å². The van der Waals surface area contributed by atoms with Crippen LogP contribution in [0.25, 0.3) is 0 Å². The third-order valence-electron chi connectivity index (χ3n) is 2.38. The Kier molecular flexibility index (Phi) is 6.68. The van der Waals surface area contributed by atoms with Gasteiger partial charge in [0.05, 0.1) is 7.11 Å². The van der Waals surface area contributed by atoms with Crippen LogP contribution in [0.15, 0.2) is 0 Å². The summed E-state index contributed by atoms with van der Waals surface area (Å²) in [6.07, 6.45) is -0.176. The molecule has 0 saturated carbocycles. The van der Waals surface area contributed by atoms with Gasteiger partial charge in [0.2, 0.25) is 5.91 Å². The first-order valence-electron chi connectivity index (χ1n) is 5.96. The van der Waals surface area contributed by atoms with Crippen molar-refractivity contribution in [2.24, 2.45) is 5.41 Å². The van der Waals surface area contributed by atoms with Gasteiger partial charge in [-0.1, -0.05) is 20.8 Å². The third-order valence-corrected chi connectivity index (χ3v) is 2.38. The number of hydroxylamine groups is 2. The lowest BCUT2D eigenvalue weighted by molar-refractivity contribution is -0.168. The maximum atomic E-state index is 11.4. The zero-order valence-electron chi connectivity index (χ0n) is 11.9. The Bertz CT molecular complexity index is 286. The standard InChI is InChI=1S/C12H24N2O4/c1-12(2,3)9-14(11(16)17)8-6-7-10(15)13(4)18-5/h6-9H2,1-5H3,(H,16,17). The summed E-state index contributed by atoms with van der Waals surface area (Å²) in [6, 6.07) is 0. The zero-order valence-corrected chi connectivity index (χ0v) is 11.9. The molecular weight excluding hydrogens is 236 g/mol. The van der Waals surface area contributed by atoms with Crippen LogP contribution >= 0.6 is 0 Å². The molecule has 6 heteroatoms. The molecule has 0 bridgehead atoms. The Balaban J connectivity index is 4.14. The summed E-state index contributed by atoms with van der Waals surface area (Å²) >= 11 is 0. The quantitative estimate of drug-likeness (QED) is 0.739. The monoisotopic (exact) mass is 260 g/mol. The molecule has 6 nitrogen and oxygen atoms in total. The summed E-state index contributed by atoms with van der Waals surface area (Å²) in [6.45, 7) is 6.75. The summed E-state index contributed by atoms with van der Waals surface area (Å²) in [7, 11) is 2.95. The molecule has 0 radical (unpaired) electrons. The minimum atomic E-state index is -0.947. The number of carboxylic acid groups (broad SMARTS) is 1. The molecule has 0 fully saturated rings. The van der Waals surface area contributed by atoms with Crippen molar-refractivity contribution in [3.05, 3.63) is 0 Å². The molecule has 0 aromatic carbocycles. The van der Waals surface area contributed by atoms with Crippen molar-refractivity contribution in [3.8, 4) is 0 Å². The van der Waals surface area contributed by atoms with Gasteiger partial charge in [-0.2, -0.15) is 0 Å². The molecule has 1 N–H and O–H groups in total. The van der Waals surface area contributed by atoms with Gasteiger partial charge in [0.1, 0.15) is 0 Å². The SMILES string of the molecule is CON(C)C(=O)CCCN(CC(C)(C)C)C(=O)O. The first-order chi connectivity index (χ1) is 8.17. The summed E-state index contributed by atoms with van der Waals surface area (Å²) in [4.78, 5) is 28.6. The van der Waals surface area contributed by atoms with E-state index in [0.717, 1.165) is 5.06 Å². The van der Waals surface area contributed by atoms with Crippen LogP contribution in [0.1, 0.15) is 33.6 Å². The Morgan fingerprint density at radius 1 is 1.28 bits per heavy atom. The van der Waals surface area contributed by atoms with Crippen LogP contribution in [0.4, 0.5) is 4.79 Å². The van der Waals surface area contributed by atoms with E-state index < -0.39 is 6.09 Å². The molecule has 0 aliphatic heterocycles. The average molecular weight is 260 g/mol. The molecule has 0 spiro atoms. The fourth-order valence-corrected chi connectivity index (χ4v) is 1.50. The first-order valence-corrected chi connectivity index (χ1v) is 5.96. The Morgan fingerprint density at radius 3 is 2.22 bits per heavy atom. The number of hydrogen-bond donors (Lipinski definition) is 1. The van der Waals surface area contributed by atoms with Gasteiger partial charge < -0.3 is 10.0 Å². The highest BCUT2D eigenvalue weighted by atomic mass is 16.7. The normalized spacial score (nSPS) is 11.2. The molecule has 0 saturated heterocycles. The van der Waals surface area contributed by atoms with Crippen LogP contribution in [0, 0.1) is 5.41 Å². The second-order valence-corrected chi connectivity index (χ2v) is 5.44. The number of carbonyl (C=O) groups excluding carboxylic acids is 1. The van der Waals surface area contributed by atoms with Gasteiger partial charge in [-0.25, -0.2) is 9.86 Å². The van der Waals surface area contributed by atoms with E-state index >= 15 is 0 Å². The highest BCUT2D eigenvalue weighted by Crippen LogP contribution is 2.15. The number of amides is 2. The predicted octanol–water partition coefficient (Wildman–Crippen LogP) is 1.81. The number of rotatable bonds is 6. The van der Waals surface area contributed by atoms with Gasteiger partial charge in [0.15, 0.2) is 0 Å². The largest absolute Gasteiger partial charge is 0.465 e. The molecule has 2 amide bonds. The van der Waals surface area contributed by atoms with Crippen LogP contribution in [-0.2, 0) is 9.63 Å². The van der Waals surface area contributed by atoms with Crippen LogP contribution in [-0.4, -0.2) is 54.3 Å². The number of carbonyl (C=O) groups is 2. The highest BCUT2D eigenvalue weighted by Gasteiger charge is 2.20. The Labute approximate surface area is 108 Å². The van der Waals surface area contributed by atoms with E-state index in [4.69, 9.17) is 9.94 Å². The van der Waals surface area contributed by atoms with Crippen molar-refractivity contribution in [3.63, 3.8) is 0 Å². The first kappa shape index (κ1) is 16.7. The van der Waals surface area contributed by atoms with E-state index in [1.54, 1.807) is 0 Å². The summed E-state index contributed by atoms with van der Waals surface area (Å²) in [5, 5.41) is 10.2. The van der Waals surface area contributed by atoms with E-state index in [-0.39, 0.29) is 17.7 Å². The summed E-state index contributed by atoms with van der Waals surface area (Å²) in [5.41, 5.74) is -0.0915. The van der Waals surface area contributed by atoms with Gasteiger partial charge in [0.25, 0.3) is 0 Å². The van der Waals surface area contributed by atoms with Crippen molar-refractivity contribution in [1.29, 1.82) is 0 Å². The van der Waals surface area contributed by atoms with Crippen LogP contribution in [0.5, 0.6) is 0 Å². The van der Waals surface area contributed by atoms with Crippen molar-refractivity contribution in [1.82, 2.24) is 9.96 Å². The second-order valence-electron chi connectivity index (χ2n) is 5.44. The lowest BCUT2D eigenvalue weighted by Gasteiger charge is -2.27. The molecule has 0 rings (SSSR count). The minimum Gasteiger partial charge on any atom is -0.465 e. The second kappa shape index (κ2) is 7.20. The number of nitrogens with zero attached hydrogens (tertiary/aromatic N) is 2. The Morgan fingerprint density at radius 2 is 1.83 bits per heavy atom. The number of hydrogen-bond acceptors (Lipinski definition) is 3. The van der Waals surface area contributed by atoms with Gasteiger partial charge in [-0.15, -0.1) is 0 Å². The summed E-state index contributed by atoms with van der Waals surface area (Å²) < 4.78 is 0. The molecule has 0 atom stereocenters. The maximum absolute atomic E-state index is 11.4. The van der Waals surface area contributed by atoms with Crippen LogP contribution < -0.4 is 0 Å². The average Bonchev–Trinajstić information content (AvgIpc) is 2.24. The van der Waals surface area contributed by atoms with Gasteiger partial charge in [-0.3, -0.25) is 9.63 Å². The van der Waals surface area contributed by atoms with Gasteiger partial charge in [-0.05, 0) is 11.8 Å². The highest BCUT2D eigenvalue weighted by molar-refractivity contribution is 5.74. The summed E-state index contributed by atoms with van der Waals surface area (Å²) in [5.74, 6) is -0.154. The van der Waals surface area contributed by atoms with E-state index in [1.165, 1.54) is 19.1 Å². The zero-order chi connectivity index (χ0) is 14.3. The van der Waals surface area contributed by atoms with E-state index in [9.17, 15) is 9.59 Å². The topological polar surface area (TPSA) is 70.1 Å². The van der Waals surface area contributed by atoms with E-state index in [1.807, 2.05) is 20.8 Å². The smallest absolute Gasteiger partial charge is 0.407 e. The third kappa shape index (κ3) is 7.11. The fraction of sp³-hybridized carbons (Fsp3) is 0.833. The van der Waals surface area contributed by atoms with Crippen molar-refractivity contribution in [2.75, 3.05) is 27.2 Å². The predicted molar refractivity (Wildman–Crippen MR) is 68.1 cm³/mol. The van der Waals surface area contributed by atoms with Gasteiger partial charge >= 0.3 is 6.09 Å². The maximum Gasteiger partial charge on any atom is 0.407 e. The van der Waals surface area contributed by atoms with Gasteiger partial charge in [0, 0.05) is 26.6 Å². The van der Waals surface area contributed by atoms with Crippen molar-refractivity contribution >= 4 is 12.0 Å². The van der Waals surface area contributed by atoms with E-state index in [0.29, 0.717) is 19.5 Å². The lowest BCUT2D eigenvalue weighted by Crippen LogP contribution is -2.38.